The first-order valence-corrected chi connectivity index (χ1v) is 9.27. The summed E-state index contributed by atoms with van der Waals surface area (Å²) in [5.41, 5.74) is 1.24. The second-order valence-corrected chi connectivity index (χ2v) is 6.33. The molecule has 1 aliphatic heterocycles. The number of rotatable bonds is 8. The molecule has 1 aromatic rings. The fraction of sp³-hybridized carbons (Fsp3) is 0.632. The van der Waals surface area contributed by atoms with E-state index in [9.17, 15) is 0 Å². The van der Waals surface area contributed by atoms with Crippen molar-refractivity contribution >= 4 is 11.6 Å². The Balaban J connectivity index is 1.79. The maximum atomic E-state index is 4.80. The lowest BCUT2D eigenvalue weighted by molar-refractivity contribution is 0.273. The lowest BCUT2D eigenvalue weighted by Gasteiger charge is -2.22. The number of guanidine groups is 1. The third-order valence-electron chi connectivity index (χ3n) is 4.65. The predicted octanol–water partition coefficient (Wildman–Crippen LogP) is 2.16. The predicted molar refractivity (Wildman–Crippen MR) is 104 cm³/mol. The van der Waals surface area contributed by atoms with E-state index in [1.54, 1.807) is 0 Å². The van der Waals surface area contributed by atoms with Gasteiger partial charge in [-0.05, 0) is 45.0 Å². The Morgan fingerprint density at radius 2 is 2.04 bits per heavy atom. The number of benzene rings is 1. The van der Waals surface area contributed by atoms with Crippen LogP contribution in [0.5, 0.6) is 0 Å². The Morgan fingerprint density at radius 3 is 2.75 bits per heavy atom. The van der Waals surface area contributed by atoms with E-state index >= 15 is 0 Å². The van der Waals surface area contributed by atoms with E-state index in [-0.39, 0.29) is 0 Å². The van der Waals surface area contributed by atoms with E-state index in [0.717, 1.165) is 38.7 Å². The minimum absolute atomic E-state index is 0.609. The molecular formula is C19H33N5. The van der Waals surface area contributed by atoms with Gasteiger partial charge in [0.1, 0.15) is 0 Å². The molecule has 1 unspecified atom stereocenters. The molecule has 0 amide bonds. The summed E-state index contributed by atoms with van der Waals surface area (Å²) in [5, 5.41) is 6.81. The zero-order valence-corrected chi connectivity index (χ0v) is 15.5. The van der Waals surface area contributed by atoms with Gasteiger partial charge in [-0.2, -0.15) is 0 Å². The van der Waals surface area contributed by atoms with E-state index in [0.29, 0.717) is 6.04 Å². The molecule has 134 valence electrons. The Kier molecular flexibility index (Phi) is 7.89. The van der Waals surface area contributed by atoms with Crippen LogP contribution >= 0.6 is 0 Å². The Bertz CT molecular complexity index is 488. The minimum Gasteiger partial charge on any atom is -0.373 e. The second-order valence-electron chi connectivity index (χ2n) is 6.33. The van der Waals surface area contributed by atoms with E-state index in [2.05, 4.69) is 65.6 Å². The maximum Gasteiger partial charge on any atom is 0.191 e. The SMILES string of the molecule is CCNC(=NCC1CCCN1CC)NCCN(C)c1ccccc1. The molecular weight excluding hydrogens is 298 g/mol. The average molecular weight is 332 g/mol. The zero-order chi connectivity index (χ0) is 17.2. The Hall–Kier alpha value is -1.75. The molecule has 0 aromatic heterocycles. The second kappa shape index (κ2) is 10.2. The first-order chi connectivity index (χ1) is 11.7. The highest BCUT2D eigenvalue weighted by Crippen LogP contribution is 2.16. The molecule has 1 atom stereocenters. The fourth-order valence-corrected chi connectivity index (χ4v) is 3.21. The molecule has 2 N–H and O–H groups in total. The molecule has 5 nitrogen and oxygen atoms in total. The van der Waals surface area contributed by atoms with E-state index < -0.39 is 0 Å². The van der Waals surface area contributed by atoms with Gasteiger partial charge < -0.3 is 15.5 Å². The highest BCUT2D eigenvalue weighted by Gasteiger charge is 2.22. The standard InChI is InChI=1S/C19H33N5/c1-4-20-19(22-16-18-12-9-14-24(18)5-2)21-13-15-23(3)17-10-7-6-8-11-17/h6-8,10-11,18H,4-5,9,12-16H2,1-3H3,(H2,20,21,22). The van der Waals surface area contributed by atoms with Gasteiger partial charge >= 0.3 is 0 Å². The molecule has 1 saturated heterocycles. The molecule has 0 saturated carbocycles. The van der Waals surface area contributed by atoms with Crippen LogP contribution in [-0.2, 0) is 0 Å². The van der Waals surface area contributed by atoms with Crippen LogP contribution < -0.4 is 15.5 Å². The number of likely N-dealkylation sites (N-methyl/N-ethyl adjacent to an activating group) is 2. The van der Waals surface area contributed by atoms with Crippen LogP contribution in [-0.4, -0.2) is 63.2 Å². The summed E-state index contributed by atoms with van der Waals surface area (Å²) < 4.78 is 0. The molecule has 24 heavy (non-hydrogen) atoms. The first-order valence-electron chi connectivity index (χ1n) is 9.27. The molecule has 2 rings (SSSR count). The molecule has 5 heteroatoms. The minimum atomic E-state index is 0.609. The van der Waals surface area contributed by atoms with Gasteiger partial charge in [0.25, 0.3) is 0 Å². The molecule has 0 radical (unpaired) electrons. The molecule has 0 bridgehead atoms. The monoisotopic (exact) mass is 331 g/mol. The summed E-state index contributed by atoms with van der Waals surface area (Å²) in [7, 11) is 2.12. The van der Waals surface area contributed by atoms with E-state index in [1.165, 1.54) is 25.1 Å². The third-order valence-corrected chi connectivity index (χ3v) is 4.65. The summed E-state index contributed by atoms with van der Waals surface area (Å²) in [6.07, 6.45) is 2.58. The van der Waals surface area contributed by atoms with Gasteiger partial charge in [0.05, 0.1) is 6.54 Å². The first kappa shape index (κ1) is 18.6. The highest BCUT2D eigenvalue weighted by atomic mass is 15.2. The van der Waals surface area contributed by atoms with Crippen molar-refractivity contribution in [2.75, 3.05) is 51.2 Å². The van der Waals surface area contributed by atoms with Crippen molar-refractivity contribution in [1.29, 1.82) is 0 Å². The van der Waals surface area contributed by atoms with E-state index in [1.807, 2.05) is 6.07 Å². The van der Waals surface area contributed by atoms with Gasteiger partial charge in [-0.3, -0.25) is 9.89 Å². The zero-order valence-electron chi connectivity index (χ0n) is 15.5. The van der Waals surface area contributed by atoms with Crippen molar-refractivity contribution in [2.45, 2.75) is 32.7 Å². The van der Waals surface area contributed by atoms with Crippen LogP contribution in [0.15, 0.2) is 35.3 Å². The Labute approximate surface area is 147 Å². The smallest absolute Gasteiger partial charge is 0.191 e. The van der Waals surface area contributed by atoms with Gasteiger partial charge in [-0.1, -0.05) is 25.1 Å². The topological polar surface area (TPSA) is 42.9 Å². The number of likely N-dealkylation sites (tertiary alicyclic amines) is 1. The number of para-hydroxylation sites is 1. The van der Waals surface area contributed by atoms with Crippen LogP contribution in [0.1, 0.15) is 26.7 Å². The van der Waals surface area contributed by atoms with Crippen molar-refractivity contribution in [3.05, 3.63) is 30.3 Å². The lowest BCUT2D eigenvalue weighted by Crippen LogP contribution is -2.42. The van der Waals surface area contributed by atoms with Crippen LogP contribution in [0, 0.1) is 0 Å². The summed E-state index contributed by atoms with van der Waals surface area (Å²) in [4.78, 5) is 9.59. The van der Waals surface area contributed by atoms with E-state index in [4.69, 9.17) is 4.99 Å². The van der Waals surface area contributed by atoms with Crippen molar-refractivity contribution < 1.29 is 0 Å². The number of anilines is 1. The molecule has 0 aliphatic carbocycles. The van der Waals surface area contributed by atoms with Crippen LogP contribution in [0.2, 0.25) is 0 Å². The number of aliphatic imine (C=N–C) groups is 1. The number of hydrogen-bond donors (Lipinski definition) is 2. The molecule has 1 heterocycles. The van der Waals surface area contributed by atoms with Crippen molar-refractivity contribution in [3.63, 3.8) is 0 Å². The van der Waals surface area contributed by atoms with Gasteiger partial charge in [-0.25, -0.2) is 0 Å². The number of nitrogens with one attached hydrogen (secondary N) is 2. The van der Waals surface area contributed by atoms with Crippen LogP contribution in [0.25, 0.3) is 0 Å². The van der Waals surface area contributed by atoms with Crippen molar-refractivity contribution in [2.24, 2.45) is 4.99 Å². The van der Waals surface area contributed by atoms with Gasteiger partial charge in [0.2, 0.25) is 0 Å². The highest BCUT2D eigenvalue weighted by molar-refractivity contribution is 5.79. The van der Waals surface area contributed by atoms with Gasteiger partial charge in [0.15, 0.2) is 5.96 Å². The number of hydrogen-bond acceptors (Lipinski definition) is 3. The van der Waals surface area contributed by atoms with Crippen molar-refractivity contribution in [3.8, 4) is 0 Å². The summed E-state index contributed by atoms with van der Waals surface area (Å²) in [6.45, 7) is 10.3. The summed E-state index contributed by atoms with van der Waals surface area (Å²) in [6, 6.07) is 11.1. The Morgan fingerprint density at radius 1 is 1.25 bits per heavy atom. The fourth-order valence-electron chi connectivity index (χ4n) is 3.21. The quantitative estimate of drug-likeness (QED) is 0.566. The summed E-state index contributed by atoms with van der Waals surface area (Å²) >= 11 is 0. The van der Waals surface area contributed by atoms with Gasteiger partial charge in [0, 0.05) is 38.4 Å². The maximum absolute atomic E-state index is 4.80. The van der Waals surface area contributed by atoms with Gasteiger partial charge in [-0.15, -0.1) is 0 Å². The normalized spacial score (nSPS) is 18.6. The molecule has 1 aromatic carbocycles. The van der Waals surface area contributed by atoms with Crippen molar-refractivity contribution in [1.82, 2.24) is 15.5 Å². The molecule has 1 aliphatic rings. The lowest BCUT2D eigenvalue weighted by atomic mass is 10.2. The average Bonchev–Trinajstić information content (AvgIpc) is 3.08. The summed E-state index contributed by atoms with van der Waals surface area (Å²) in [5.74, 6) is 0.932. The van der Waals surface area contributed by atoms with Crippen LogP contribution in [0.4, 0.5) is 5.69 Å². The molecule has 0 spiro atoms. The molecule has 1 fully saturated rings. The van der Waals surface area contributed by atoms with Crippen LogP contribution in [0.3, 0.4) is 0 Å². The number of nitrogens with zero attached hydrogens (tertiary/aromatic N) is 3. The largest absolute Gasteiger partial charge is 0.373 e. The third kappa shape index (κ3) is 5.71.